The summed E-state index contributed by atoms with van der Waals surface area (Å²) in [5.74, 6) is 0. The molecule has 2 heteroatoms. The van der Waals surface area contributed by atoms with Crippen molar-refractivity contribution in [1.29, 1.82) is 0 Å². The molecule has 1 N–H and O–H groups in total. The van der Waals surface area contributed by atoms with E-state index in [0.717, 1.165) is 18.6 Å². The van der Waals surface area contributed by atoms with E-state index < -0.39 is 0 Å². The van der Waals surface area contributed by atoms with Gasteiger partial charge in [0.1, 0.15) is 0 Å². The Morgan fingerprint density at radius 2 is 1.94 bits per heavy atom. The number of benzene rings is 1. The molecule has 0 aromatic heterocycles. The average molecular weight is 244 g/mol. The quantitative estimate of drug-likeness (QED) is 0.860. The van der Waals surface area contributed by atoms with E-state index in [1.165, 1.54) is 50.8 Å². The summed E-state index contributed by atoms with van der Waals surface area (Å²) in [7, 11) is 0. The van der Waals surface area contributed by atoms with Gasteiger partial charge in [-0.3, -0.25) is 4.90 Å². The minimum Gasteiger partial charge on any atom is -0.312 e. The Morgan fingerprint density at radius 1 is 1.06 bits per heavy atom. The van der Waals surface area contributed by atoms with E-state index in [-0.39, 0.29) is 0 Å². The number of fused-ring (bicyclic) bond motifs is 1. The van der Waals surface area contributed by atoms with Gasteiger partial charge in [-0.25, -0.2) is 0 Å². The third-order valence-electron chi connectivity index (χ3n) is 4.46. The summed E-state index contributed by atoms with van der Waals surface area (Å²) >= 11 is 0. The largest absolute Gasteiger partial charge is 0.312 e. The van der Waals surface area contributed by atoms with Gasteiger partial charge in [-0.2, -0.15) is 0 Å². The van der Waals surface area contributed by atoms with Crippen LogP contribution in [0.3, 0.4) is 0 Å². The van der Waals surface area contributed by atoms with Gasteiger partial charge >= 0.3 is 0 Å². The molecule has 2 aliphatic rings. The second-order valence-corrected chi connectivity index (χ2v) is 5.72. The normalized spacial score (nSPS) is 29.6. The zero-order valence-electron chi connectivity index (χ0n) is 11.1. The van der Waals surface area contributed by atoms with Crippen LogP contribution in [0.4, 0.5) is 0 Å². The van der Waals surface area contributed by atoms with Crippen LogP contribution in [0.15, 0.2) is 30.3 Å². The minimum absolute atomic E-state index is 0.741. The molecule has 2 heterocycles. The van der Waals surface area contributed by atoms with Gasteiger partial charge in [-0.05, 0) is 44.3 Å². The van der Waals surface area contributed by atoms with Crippen LogP contribution in [-0.2, 0) is 6.54 Å². The molecular weight excluding hydrogens is 220 g/mol. The molecule has 2 fully saturated rings. The highest BCUT2D eigenvalue weighted by Crippen LogP contribution is 2.25. The minimum atomic E-state index is 0.741. The van der Waals surface area contributed by atoms with E-state index >= 15 is 0 Å². The zero-order valence-corrected chi connectivity index (χ0v) is 11.1. The van der Waals surface area contributed by atoms with Crippen molar-refractivity contribution in [3.63, 3.8) is 0 Å². The van der Waals surface area contributed by atoms with Crippen LogP contribution in [0, 0.1) is 0 Å². The molecule has 0 amide bonds. The van der Waals surface area contributed by atoms with Gasteiger partial charge in [0.05, 0.1) is 0 Å². The van der Waals surface area contributed by atoms with Crippen LogP contribution in [0.5, 0.6) is 0 Å². The molecule has 98 valence electrons. The van der Waals surface area contributed by atoms with Crippen LogP contribution < -0.4 is 5.32 Å². The van der Waals surface area contributed by atoms with Crippen molar-refractivity contribution in [1.82, 2.24) is 10.2 Å². The summed E-state index contributed by atoms with van der Waals surface area (Å²) in [6.07, 6.45) is 6.84. The predicted molar refractivity (Wildman–Crippen MR) is 75.5 cm³/mol. The van der Waals surface area contributed by atoms with Crippen molar-refractivity contribution in [2.75, 3.05) is 13.1 Å². The van der Waals surface area contributed by atoms with Crippen molar-refractivity contribution < 1.29 is 0 Å². The number of rotatable bonds is 2. The van der Waals surface area contributed by atoms with E-state index in [2.05, 4.69) is 40.5 Å². The highest BCUT2D eigenvalue weighted by atomic mass is 15.2. The molecule has 1 aromatic carbocycles. The van der Waals surface area contributed by atoms with Crippen molar-refractivity contribution >= 4 is 0 Å². The summed E-state index contributed by atoms with van der Waals surface area (Å²) in [5, 5.41) is 3.74. The van der Waals surface area contributed by atoms with Gasteiger partial charge in [-0.1, -0.05) is 36.8 Å². The number of hydrogen-bond donors (Lipinski definition) is 1. The summed E-state index contributed by atoms with van der Waals surface area (Å²) in [4.78, 5) is 2.72. The fraction of sp³-hybridized carbons (Fsp3) is 0.625. The lowest BCUT2D eigenvalue weighted by atomic mass is 9.94. The molecule has 0 bridgehead atoms. The smallest absolute Gasteiger partial charge is 0.0253 e. The van der Waals surface area contributed by atoms with Crippen LogP contribution in [0.1, 0.15) is 37.7 Å². The van der Waals surface area contributed by atoms with Crippen LogP contribution in [0.2, 0.25) is 0 Å². The number of likely N-dealkylation sites (tertiary alicyclic amines) is 1. The molecule has 3 rings (SSSR count). The van der Waals surface area contributed by atoms with E-state index in [1.807, 2.05) is 0 Å². The maximum atomic E-state index is 3.74. The van der Waals surface area contributed by atoms with E-state index in [0.29, 0.717) is 0 Å². The summed E-state index contributed by atoms with van der Waals surface area (Å²) < 4.78 is 0. The molecule has 0 unspecified atom stereocenters. The van der Waals surface area contributed by atoms with Crippen LogP contribution in [-0.4, -0.2) is 30.1 Å². The Labute approximate surface area is 110 Å². The van der Waals surface area contributed by atoms with Gasteiger partial charge in [0, 0.05) is 18.6 Å². The number of nitrogens with zero attached hydrogens (tertiary/aromatic N) is 1. The first kappa shape index (κ1) is 12.2. The topological polar surface area (TPSA) is 15.3 Å². The van der Waals surface area contributed by atoms with Crippen molar-refractivity contribution in [3.05, 3.63) is 35.9 Å². The molecule has 0 radical (unpaired) electrons. The highest BCUT2D eigenvalue weighted by molar-refractivity contribution is 5.15. The molecule has 2 aliphatic heterocycles. The Bertz CT molecular complexity index is 363. The Kier molecular flexibility index (Phi) is 3.96. The van der Waals surface area contributed by atoms with Gasteiger partial charge in [0.2, 0.25) is 0 Å². The monoisotopic (exact) mass is 244 g/mol. The Hall–Kier alpha value is -0.860. The zero-order chi connectivity index (χ0) is 12.2. The molecule has 0 saturated carbocycles. The molecule has 1 aromatic rings. The first-order valence-corrected chi connectivity index (χ1v) is 7.45. The molecule has 2 atom stereocenters. The molecule has 2 nitrogen and oxygen atoms in total. The number of nitrogens with one attached hydrogen (secondary N) is 1. The fourth-order valence-electron chi connectivity index (χ4n) is 3.53. The lowest BCUT2D eigenvalue weighted by Crippen LogP contribution is -2.52. The summed E-state index contributed by atoms with van der Waals surface area (Å²) in [5.41, 5.74) is 1.46. The maximum Gasteiger partial charge on any atom is 0.0253 e. The molecule has 18 heavy (non-hydrogen) atoms. The standard InChI is InChI=1S/C16H24N2/c1-2-7-14(8-3-1)13-18-12-5-4-9-15-16(18)10-6-11-17-15/h1-3,7-8,15-17H,4-6,9-13H2/t15-,16+/m0/s1. The Morgan fingerprint density at radius 3 is 2.83 bits per heavy atom. The van der Waals surface area contributed by atoms with E-state index in [4.69, 9.17) is 0 Å². The SMILES string of the molecule is c1ccc(CN2CCCC[C@@H]3NCCC[C@H]32)cc1. The van der Waals surface area contributed by atoms with Crippen LogP contribution in [0.25, 0.3) is 0 Å². The van der Waals surface area contributed by atoms with E-state index in [1.54, 1.807) is 0 Å². The third kappa shape index (κ3) is 2.76. The third-order valence-corrected chi connectivity index (χ3v) is 4.46. The lowest BCUT2D eigenvalue weighted by molar-refractivity contribution is 0.132. The molecule has 0 aliphatic carbocycles. The number of hydrogen-bond acceptors (Lipinski definition) is 2. The first-order valence-electron chi connectivity index (χ1n) is 7.45. The lowest BCUT2D eigenvalue weighted by Gasteiger charge is -2.39. The van der Waals surface area contributed by atoms with Gasteiger partial charge in [0.15, 0.2) is 0 Å². The van der Waals surface area contributed by atoms with E-state index in [9.17, 15) is 0 Å². The van der Waals surface area contributed by atoms with Crippen molar-refractivity contribution in [2.24, 2.45) is 0 Å². The maximum absolute atomic E-state index is 3.74. The second-order valence-electron chi connectivity index (χ2n) is 5.72. The molecule has 2 saturated heterocycles. The summed E-state index contributed by atoms with van der Waals surface area (Å²) in [6.45, 7) is 3.63. The van der Waals surface area contributed by atoms with Gasteiger partial charge in [-0.15, -0.1) is 0 Å². The van der Waals surface area contributed by atoms with Gasteiger partial charge < -0.3 is 5.32 Å². The second kappa shape index (κ2) is 5.85. The van der Waals surface area contributed by atoms with Crippen LogP contribution >= 0.6 is 0 Å². The fourth-order valence-corrected chi connectivity index (χ4v) is 3.53. The van der Waals surface area contributed by atoms with Gasteiger partial charge in [0.25, 0.3) is 0 Å². The Balaban J connectivity index is 1.72. The molecule has 0 spiro atoms. The summed E-state index contributed by atoms with van der Waals surface area (Å²) in [6, 6.07) is 12.4. The van der Waals surface area contributed by atoms with Crippen molar-refractivity contribution in [2.45, 2.75) is 50.7 Å². The highest BCUT2D eigenvalue weighted by Gasteiger charge is 2.31. The average Bonchev–Trinajstić information content (AvgIpc) is 2.63. The first-order chi connectivity index (χ1) is 8.93. The predicted octanol–water partition coefficient (Wildman–Crippen LogP) is 2.79. The number of piperidine rings is 1. The van der Waals surface area contributed by atoms with Crippen molar-refractivity contribution in [3.8, 4) is 0 Å². The molecular formula is C16H24N2.